The lowest BCUT2D eigenvalue weighted by atomic mass is 9.63. The van der Waals surface area contributed by atoms with Crippen LogP contribution in [0, 0.1) is 28.6 Å². The van der Waals surface area contributed by atoms with E-state index in [-0.39, 0.29) is 76.8 Å². The van der Waals surface area contributed by atoms with Crippen molar-refractivity contribution >= 4 is 64.9 Å². The number of aliphatic carboxylic acids is 1. The highest BCUT2D eigenvalue weighted by Crippen LogP contribution is 2.55. The van der Waals surface area contributed by atoms with Crippen molar-refractivity contribution in [3.8, 4) is 0 Å². The molecule has 7 rings (SSSR count). The summed E-state index contributed by atoms with van der Waals surface area (Å²) in [7, 11) is 1.70. The molecule has 4 aliphatic heterocycles. The van der Waals surface area contributed by atoms with Crippen LogP contribution in [0.4, 0.5) is 0 Å². The Morgan fingerprint density at radius 3 is 1.89 bits per heavy atom. The number of hydrogen-bond donors (Lipinski definition) is 7. The first-order valence-electron chi connectivity index (χ1n) is 26.0. The van der Waals surface area contributed by atoms with Crippen molar-refractivity contribution in [2.75, 3.05) is 25.1 Å². The van der Waals surface area contributed by atoms with Crippen LogP contribution in [0.3, 0.4) is 0 Å². The van der Waals surface area contributed by atoms with Gasteiger partial charge in [-0.1, -0.05) is 96.1 Å². The Morgan fingerprint density at radius 1 is 0.722 bits per heavy atom. The van der Waals surface area contributed by atoms with Gasteiger partial charge in [-0.05, 0) is 117 Å². The van der Waals surface area contributed by atoms with Gasteiger partial charge in [-0.3, -0.25) is 33.6 Å². The van der Waals surface area contributed by atoms with E-state index in [1.165, 1.54) is 0 Å². The molecule has 3 unspecified atom stereocenters. The van der Waals surface area contributed by atoms with E-state index in [0.717, 1.165) is 29.5 Å². The molecule has 0 radical (unpaired) electrons. The number of benzene rings is 2. The van der Waals surface area contributed by atoms with E-state index in [4.69, 9.17) is 0 Å². The van der Waals surface area contributed by atoms with Crippen LogP contribution in [0.25, 0.3) is 0 Å². The SMILES string of the molecule is CN[C@@H](C)C(=O)N[C@H]1CCS[C@H]2CC(C(C)C)(C(C)C)C(C(=O)NC3c4ccccc4CCC3CN[C@@H](C)C(=O)N[C@H]3CCS[C@H]4CC(C)(C)[C@@H](C(=O)N[C@H](CCC(=O)O)c5ccccc5)N4C3=O)N2C1=O. The highest BCUT2D eigenvalue weighted by atomic mass is 32.2. The molecule has 0 bridgehead atoms. The maximum absolute atomic E-state index is 15.4. The Hall–Kier alpha value is -4.65. The number of carboxylic acids is 1. The summed E-state index contributed by atoms with van der Waals surface area (Å²) in [6.07, 6.45) is 3.63. The molecule has 16 nitrogen and oxygen atoms in total. The lowest BCUT2D eigenvalue weighted by molar-refractivity contribution is -0.146. The van der Waals surface area contributed by atoms with Crippen molar-refractivity contribution in [2.24, 2.45) is 28.6 Å². The van der Waals surface area contributed by atoms with E-state index in [1.54, 1.807) is 54.2 Å². The second-order valence-electron chi connectivity index (χ2n) is 22.0. The Kier molecular flexibility index (Phi) is 17.8. The molecule has 6 amide bonds. The summed E-state index contributed by atoms with van der Waals surface area (Å²) < 4.78 is 0. The highest BCUT2D eigenvalue weighted by Gasteiger charge is 2.61. The van der Waals surface area contributed by atoms with Gasteiger partial charge < -0.3 is 46.8 Å². The number of nitrogens with zero attached hydrogens (tertiary/aromatic N) is 2. The van der Waals surface area contributed by atoms with Gasteiger partial charge in [-0.2, -0.15) is 0 Å². The van der Waals surface area contributed by atoms with Gasteiger partial charge >= 0.3 is 5.97 Å². The van der Waals surface area contributed by atoms with Gasteiger partial charge in [0.05, 0.1) is 34.9 Å². The highest BCUT2D eigenvalue weighted by molar-refractivity contribution is 8.00. The third-order valence-corrected chi connectivity index (χ3v) is 19.0. The first-order chi connectivity index (χ1) is 34.2. The van der Waals surface area contributed by atoms with E-state index < -0.39 is 65.1 Å². The van der Waals surface area contributed by atoms with Crippen LogP contribution in [0.15, 0.2) is 54.6 Å². The molecule has 4 saturated heterocycles. The number of likely N-dealkylation sites (N-methyl/N-ethyl adjacent to an activating group) is 1. The Morgan fingerprint density at radius 2 is 1.29 bits per heavy atom. The molecule has 18 heteroatoms. The Balaban J connectivity index is 1.07. The molecular weight excluding hydrogens is 953 g/mol. The maximum Gasteiger partial charge on any atom is 0.303 e. The molecule has 5 aliphatic rings. The quantitative estimate of drug-likeness (QED) is 0.103. The van der Waals surface area contributed by atoms with Crippen molar-refractivity contribution in [1.82, 2.24) is 41.7 Å². The molecule has 0 aromatic heterocycles. The average molecular weight is 1030 g/mol. The molecule has 7 N–H and O–H groups in total. The number of fused-ring (bicyclic) bond motifs is 3. The molecule has 11 atom stereocenters. The summed E-state index contributed by atoms with van der Waals surface area (Å²) in [5.74, 6) is -1.49. The normalized spacial score (nSPS) is 27.9. The topological polar surface area (TPSA) is 218 Å². The predicted molar refractivity (Wildman–Crippen MR) is 281 cm³/mol. The van der Waals surface area contributed by atoms with Crippen molar-refractivity contribution in [3.05, 3.63) is 71.3 Å². The summed E-state index contributed by atoms with van der Waals surface area (Å²) in [5, 5.41) is 28.0. The molecule has 1 aliphatic carbocycles. The molecule has 394 valence electrons. The second kappa shape index (κ2) is 23.3. The van der Waals surface area contributed by atoms with Crippen LogP contribution in [-0.4, -0.2) is 128 Å². The van der Waals surface area contributed by atoms with Gasteiger partial charge in [-0.25, -0.2) is 0 Å². The fourth-order valence-corrected chi connectivity index (χ4v) is 15.3. The molecule has 72 heavy (non-hydrogen) atoms. The number of nitrogens with one attached hydrogen (secondary N) is 6. The molecule has 4 fully saturated rings. The van der Waals surface area contributed by atoms with Crippen LogP contribution in [0.2, 0.25) is 0 Å². The zero-order chi connectivity index (χ0) is 52.2. The largest absolute Gasteiger partial charge is 0.481 e. The predicted octanol–water partition coefficient (Wildman–Crippen LogP) is 5.14. The smallest absolute Gasteiger partial charge is 0.303 e. The van der Waals surface area contributed by atoms with Gasteiger partial charge in [0, 0.05) is 18.4 Å². The number of carbonyl (C=O) groups excluding carboxylic acids is 6. The second-order valence-corrected chi connectivity index (χ2v) is 24.6. The summed E-state index contributed by atoms with van der Waals surface area (Å²) in [5.41, 5.74) is 1.75. The van der Waals surface area contributed by atoms with Crippen LogP contribution in [0.1, 0.15) is 129 Å². The third-order valence-electron chi connectivity index (χ3n) is 16.5. The van der Waals surface area contributed by atoms with Gasteiger partial charge in [0.1, 0.15) is 24.2 Å². The summed E-state index contributed by atoms with van der Waals surface area (Å²) >= 11 is 3.29. The number of rotatable bonds is 18. The van der Waals surface area contributed by atoms with Crippen molar-refractivity contribution in [3.63, 3.8) is 0 Å². The van der Waals surface area contributed by atoms with Gasteiger partial charge in [-0.15, -0.1) is 23.5 Å². The van der Waals surface area contributed by atoms with Gasteiger partial charge in [0.25, 0.3) is 0 Å². The van der Waals surface area contributed by atoms with Crippen molar-refractivity contribution < 1.29 is 38.7 Å². The number of thioether (sulfide) groups is 2. The Bertz CT molecular complexity index is 2310. The summed E-state index contributed by atoms with van der Waals surface area (Å²) in [6, 6.07) is 11.9. The van der Waals surface area contributed by atoms with E-state index >= 15 is 4.79 Å². The van der Waals surface area contributed by atoms with Crippen LogP contribution in [-0.2, 0) is 40.0 Å². The average Bonchev–Trinajstić information content (AvgIpc) is 3.74. The van der Waals surface area contributed by atoms with Gasteiger partial charge in [0.2, 0.25) is 35.4 Å². The number of hydrogen-bond acceptors (Lipinski definition) is 11. The van der Waals surface area contributed by atoms with Crippen LogP contribution < -0.4 is 31.9 Å². The first kappa shape index (κ1) is 55.1. The lowest BCUT2D eigenvalue weighted by Crippen LogP contribution is -2.61. The molecule has 0 saturated carbocycles. The van der Waals surface area contributed by atoms with E-state index in [0.29, 0.717) is 43.7 Å². The van der Waals surface area contributed by atoms with Crippen LogP contribution in [0.5, 0.6) is 0 Å². The minimum atomic E-state index is -0.968. The number of aryl methyl sites for hydroxylation is 1. The Labute approximate surface area is 434 Å². The zero-order valence-electron chi connectivity index (χ0n) is 43.5. The lowest BCUT2D eigenvalue weighted by Gasteiger charge is -2.45. The molecule has 2 aromatic rings. The van der Waals surface area contributed by atoms with E-state index in [9.17, 15) is 33.9 Å². The van der Waals surface area contributed by atoms with E-state index in [2.05, 4.69) is 65.7 Å². The molecular formula is C54H78N8O8S2. The number of carbonyl (C=O) groups is 7. The first-order valence-corrected chi connectivity index (χ1v) is 28.1. The van der Waals surface area contributed by atoms with Crippen molar-refractivity contribution in [2.45, 2.75) is 166 Å². The molecule has 4 heterocycles. The summed E-state index contributed by atoms with van der Waals surface area (Å²) in [4.78, 5) is 101. The monoisotopic (exact) mass is 1030 g/mol. The van der Waals surface area contributed by atoms with E-state index in [1.807, 2.05) is 62.4 Å². The van der Waals surface area contributed by atoms with Crippen molar-refractivity contribution in [1.29, 1.82) is 0 Å². The minimum absolute atomic E-state index is 0.0497. The maximum atomic E-state index is 15.4. The third kappa shape index (κ3) is 11.5. The molecule has 0 spiro atoms. The van der Waals surface area contributed by atoms with Gasteiger partial charge in [0.15, 0.2) is 0 Å². The standard InChI is InChI=1S/C54H78N8O8S2/c1-30(2)54(31(3)4)28-42-62(52(70)40(24-26-72-42)58-47(65)32(5)55-9)46(54)50(68)60-44-36(20-19-34-15-13-14-18-37(34)44)29-56-33(6)48(66)59-39-23-25-71-41-27-53(7,8)45(61(41)51(39)69)49(67)57-38(21-22-43(63)64)35-16-11-10-12-17-35/h10-18,30-33,36,38-42,44-46,55-56H,19-29H2,1-9H3,(H,57,67)(H,58,65)(H,59,66)(H,60,68)(H,63,64)/t32-,33-,36?,38+,39-,40-,41-,42-,44?,45+,46?/m0/s1. The minimum Gasteiger partial charge on any atom is -0.481 e. The zero-order valence-corrected chi connectivity index (χ0v) is 45.1. The number of carboxylic acid groups (broad SMARTS) is 1. The van der Waals surface area contributed by atoms with Crippen LogP contribution >= 0.6 is 23.5 Å². The fraction of sp³-hybridized carbons (Fsp3) is 0.648. The number of amides is 6. The molecule has 2 aromatic carbocycles. The fourth-order valence-electron chi connectivity index (χ4n) is 12.2. The summed E-state index contributed by atoms with van der Waals surface area (Å²) in [6.45, 7) is 16.4.